The monoisotopic (exact) mass is 759 g/mol. The van der Waals surface area contributed by atoms with Crippen LogP contribution in [0.4, 0.5) is 17.3 Å². The van der Waals surface area contributed by atoms with Gasteiger partial charge in [0.05, 0.1) is 22.4 Å². The molecule has 59 heavy (non-hydrogen) atoms. The Hall–Kier alpha value is -8.03. The van der Waals surface area contributed by atoms with Crippen LogP contribution >= 0.6 is 0 Å². The SMILES string of the molecule is Cc1ccccc1N(c1ccccc1)c1nc(-c2ccc3oc4ccccc4c3c2)nc(-c2cccc3oc4c(-n5c6ccccc6c6ccccc65)cccc4c23)n1. The molecule has 12 aromatic rings. The van der Waals surface area contributed by atoms with Crippen LogP contribution in [-0.2, 0) is 0 Å². The summed E-state index contributed by atoms with van der Waals surface area (Å²) in [6.07, 6.45) is 0. The van der Waals surface area contributed by atoms with Crippen LogP contribution in [0.2, 0.25) is 0 Å². The lowest BCUT2D eigenvalue weighted by Crippen LogP contribution is -2.16. The predicted molar refractivity (Wildman–Crippen MR) is 239 cm³/mol. The Morgan fingerprint density at radius 2 is 1.12 bits per heavy atom. The Kier molecular flexibility index (Phi) is 7.31. The second-order valence-corrected chi connectivity index (χ2v) is 14.9. The number of rotatable bonds is 6. The molecule has 8 aromatic carbocycles. The first-order valence-electron chi connectivity index (χ1n) is 19.7. The van der Waals surface area contributed by atoms with Gasteiger partial charge in [0.25, 0.3) is 0 Å². The summed E-state index contributed by atoms with van der Waals surface area (Å²) < 4.78 is 15.4. The van der Waals surface area contributed by atoms with Crippen molar-refractivity contribution in [3.8, 4) is 28.5 Å². The summed E-state index contributed by atoms with van der Waals surface area (Å²) in [5, 5.41) is 6.34. The van der Waals surface area contributed by atoms with E-state index >= 15 is 0 Å². The molecule has 4 aromatic heterocycles. The first kappa shape index (κ1) is 33.1. The van der Waals surface area contributed by atoms with Gasteiger partial charge in [-0.15, -0.1) is 0 Å². The number of aromatic nitrogens is 4. The lowest BCUT2D eigenvalue weighted by atomic mass is 10.0. The molecule has 0 unspecified atom stereocenters. The Labute approximate surface area is 338 Å². The molecule has 0 saturated carbocycles. The van der Waals surface area contributed by atoms with E-state index in [4.69, 9.17) is 23.8 Å². The van der Waals surface area contributed by atoms with Gasteiger partial charge in [0, 0.05) is 49.1 Å². The minimum absolute atomic E-state index is 0.499. The first-order valence-corrected chi connectivity index (χ1v) is 19.7. The molecular formula is C52H33N5O2. The molecule has 0 amide bonds. The zero-order valence-corrected chi connectivity index (χ0v) is 31.9. The minimum Gasteiger partial charge on any atom is -0.456 e. The van der Waals surface area contributed by atoms with E-state index in [0.717, 1.165) is 88.7 Å². The summed E-state index contributed by atoms with van der Waals surface area (Å²) in [6, 6.07) is 62.4. The third-order valence-electron chi connectivity index (χ3n) is 11.4. The molecule has 0 radical (unpaired) electrons. The summed E-state index contributed by atoms with van der Waals surface area (Å²) in [6.45, 7) is 2.11. The fraction of sp³-hybridized carbons (Fsp3) is 0.0192. The maximum Gasteiger partial charge on any atom is 0.238 e. The second kappa shape index (κ2) is 13.0. The molecule has 0 aliphatic rings. The lowest BCUT2D eigenvalue weighted by Gasteiger charge is -2.25. The van der Waals surface area contributed by atoms with Gasteiger partial charge in [-0.05, 0) is 79.2 Å². The quantitative estimate of drug-likeness (QED) is 0.168. The van der Waals surface area contributed by atoms with Crippen LogP contribution in [0, 0.1) is 6.92 Å². The largest absolute Gasteiger partial charge is 0.456 e. The van der Waals surface area contributed by atoms with Crippen molar-refractivity contribution in [2.75, 3.05) is 4.90 Å². The highest BCUT2D eigenvalue weighted by Crippen LogP contribution is 2.43. The van der Waals surface area contributed by atoms with Gasteiger partial charge in [-0.2, -0.15) is 9.97 Å². The molecular weight excluding hydrogens is 727 g/mol. The molecule has 0 aliphatic heterocycles. The standard InChI is InChI=1S/C52H33N5O2/c1-32-15-5-9-23-41(32)56(34-16-3-2-4-17-34)52-54-50(33-29-30-46-40(31-33)37-20-8-12-27-45(37)58-46)53-51(55-52)39-22-14-28-47-48(39)38-21-13-26-44(49(38)59-47)57-42-24-10-6-18-35(42)36-19-7-11-25-43(36)57/h2-31H,1H3. The Morgan fingerprint density at radius 1 is 0.475 bits per heavy atom. The molecule has 12 rings (SSSR count). The lowest BCUT2D eigenvalue weighted by molar-refractivity contribution is 0.666. The van der Waals surface area contributed by atoms with E-state index in [1.54, 1.807) is 0 Å². The van der Waals surface area contributed by atoms with Crippen molar-refractivity contribution in [2.24, 2.45) is 0 Å². The van der Waals surface area contributed by atoms with Crippen molar-refractivity contribution >= 4 is 83.0 Å². The number of aryl methyl sites for hydroxylation is 1. The van der Waals surface area contributed by atoms with E-state index in [1.807, 2.05) is 66.7 Å². The van der Waals surface area contributed by atoms with Crippen molar-refractivity contribution in [2.45, 2.75) is 6.92 Å². The maximum atomic E-state index is 6.88. The minimum atomic E-state index is 0.499. The summed E-state index contributed by atoms with van der Waals surface area (Å²) in [4.78, 5) is 18.0. The molecule has 0 N–H and O–H groups in total. The molecule has 0 aliphatic carbocycles. The highest BCUT2D eigenvalue weighted by atomic mass is 16.3. The number of hydrogen-bond acceptors (Lipinski definition) is 6. The molecule has 7 nitrogen and oxygen atoms in total. The van der Waals surface area contributed by atoms with Crippen LogP contribution in [0.25, 0.3) is 94.1 Å². The van der Waals surface area contributed by atoms with Crippen molar-refractivity contribution in [1.82, 2.24) is 19.5 Å². The van der Waals surface area contributed by atoms with E-state index in [0.29, 0.717) is 17.6 Å². The molecule has 0 fully saturated rings. The molecule has 0 bridgehead atoms. The van der Waals surface area contributed by atoms with E-state index in [9.17, 15) is 0 Å². The second-order valence-electron chi connectivity index (χ2n) is 14.9. The average Bonchev–Trinajstić information content (AvgIpc) is 3.97. The number of para-hydroxylation sites is 6. The first-order chi connectivity index (χ1) is 29.2. The summed E-state index contributed by atoms with van der Waals surface area (Å²) in [5.41, 5.74) is 11.1. The zero-order valence-electron chi connectivity index (χ0n) is 31.9. The predicted octanol–water partition coefficient (Wildman–Crippen LogP) is 13.9. The molecule has 0 spiro atoms. The average molecular weight is 760 g/mol. The number of furan rings is 2. The fourth-order valence-corrected chi connectivity index (χ4v) is 8.71. The Balaban J connectivity index is 1.13. The Morgan fingerprint density at radius 3 is 1.93 bits per heavy atom. The van der Waals surface area contributed by atoms with Crippen LogP contribution in [0.5, 0.6) is 0 Å². The molecule has 278 valence electrons. The van der Waals surface area contributed by atoms with Gasteiger partial charge in [-0.1, -0.05) is 115 Å². The highest BCUT2D eigenvalue weighted by molar-refractivity contribution is 6.16. The van der Waals surface area contributed by atoms with Crippen molar-refractivity contribution in [1.29, 1.82) is 0 Å². The van der Waals surface area contributed by atoms with Gasteiger partial charge in [-0.3, -0.25) is 4.90 Å². The van der Waals surface area contributed by atoms with Crippen molar-refractivity contribution < 1.29 is 8.83 Å². The van der Waals surface area contributed by atoms with Crippen LogP contribution in [0.15, 0.2) is 191 Å². The highest BCUT2D eigenvalue weighted by Gasteiger charge is 2.24. The van der Waals surface area contributed by atoms with Gasteiger partial charge in [0.2, 0.25) is 5.95 Å². The van der Waals surface area contributed by atoms with Gasteiger partial charge < -0.3 is 13.4 Å². The van der Waals surface area contributed by atoms with Gasteiger partial charge in [-0.25, -0.2) is 4.98 Å². The number of fused-ring (bicyclic) bond motifs is 9. The summed E-state index contributed by atoms with van der Waals surface area (Å²) in [7, 11) is 0. The summed E-state index contributed by atoms with van der Waals surface area (Å²) >= 11 is 0. The van der Waals surface area contributed by atoms with Crippen molar-refractivity contribution in [3.63, 3.8) is 0 Å². The van der Waals surface area contributed by atoms with Gasteiger partial charge >= 0.3 is 0 Å². The molecule has 0 saturated heterocycles. The third kappa shape index (κ3) is 5.18. The van der Waals surface area contributed by atoms with Gasteiger partial charge in [0.1, 0.15) is 16.7 Å². The van der Waals surface area contributed by atoms with E-state index in [1.165, 1.54) is 10.8 Å². The van der Waals surface area contributed by atoms with E-state index in [2.05, 4.69) is 132 Å². The van der Waals surface area contributed by atoms with Crippen LogP contribution in [0.1, 0.15) is 5.56 Å². The number of hydrogen-bond donors (Lipinski definition) is 0. The van der Waals surface area contributed by atoms with E-state index < -0.39 is 0 Å². The number of benzene rings is 8. The normalized spacial score (nSPS) is 11.8. The third-order valence-corrected chi connectivity index (χ3v) is 11.4. The number of nitrogens with zero attached hydrogens (tertiary/aromatic N) is 5. The smallest absolute Gasteiger partial charge is 0.238 e. The molecule has 4 heterocycles. The fourth-order valence-electron chi connectivity index (χ4n) is 8.71. The van der Waals surface area contributed by atoms with Crippen LogP contribution in [0.3, 0.4) is 0 Å². The summed E-state index contributed by atoms with van der Waals surface area (Å²) in [5.74, 6) is 1.58. The topological polar surface area (TPSA) is 73.1 Å². The van der Waals surface area contributed by atoms with Crippen molar-refractivity contribution in [3.05, 3.63) is 188 Å². The molecule has 7 heteroatoms. The zero-order chi connectivity index (χ0) is 39.0. The van der Waals surface area contributed by atoms with Crippen LogP contribution in [-0.4, -0.2) is 19.5 Å². The number of anilines is 3. The Bertz CT molecular complexity index is 3550. The maximum absolute atomic E-state index is 6.88. The van der Waals surface area contributed by atoms with Gasteiger partial charge in [0.15, 0.2) is 17.2 Å². The van der Waals surface area contributed by atoms with Crippen LogP contribution < -0.4 is 4.90 Å². The van der Waals surface area contributed by atoms with E-state index in [-0.39, 0.29) is 0 Å². The molecule has 0 atom stereocenters.